The minimum Gasteiger partial charge on any atom is -0.450 e. The third-order valence-electron chi connectivity index (χ3n) is 4.02. The van der Waals surface area contributed by atoms with Crippen LogP contribution >= 0.6 is 0 Å². The van der Waals surface area contributed by atoms with Crippen molar-refractivity contribution in [2.45, 2.75) is 19.6 Å². The van der Waals surface area contributed by atoms with Crippen molar-refractivity contribution in [1.82, 2.24) is 0 Å². The predicted molar refractivity (Wildman–Crippen MR) is 104 cm³/mol. The van der Waals surface area contributed by atoms with E-state index in [2.05, 4.69) is 11.9 Å². The highest BCUT2D eigenvalue weighted by Crippen LogP contribution is 2.32. The number of carbonyl (C=O) groups is 1. The molecular weight excluding hydrogens is 390 g/mol. The Morgan fingerprint density at radius 1 is 1.24 bits per heavy atom. The van der Waals surface area contributed by atoms with Crippen molar-refractivity contribution in [2.75, 3.05) is 29.1 Å². The first-order valence-corrected chi connectivity index (χ1v) is 8.71. The monoisotopic (exact) mass is 411 g/mol. The van der Waals surface area contributed by atoms with Gasteiger partial charge in [0.25, 0.3) is 0 Å². The summed E-state index contributed by atoms with van der Waals surface area (Å²) in [6.45, 7) is 5.75. The summed E-state index contributed by atoms with van der Waals surface area (Å²) in [6.07, 6.45) is -3.66. The molecule has 0 aliphatic rings. The SMILES string of the molecule is C=CCN(Cc1ccc(C(F)(F)F)cc1)c1ccc(NC(=O)OCC)c(N)c1F. The Kier molecular flexibility index (Phi) is 7.08. The molecule has 9 heteroatoms. The van der Waals surface area contributed by atoms with E-state index in [0.717, 1.165) is 12.1 Å². The molecule has 3 N–H and O–H groups in total. The smallest absolute Gasteiger partial charge is 0.416 e. The summed E-state index contributed by atoms with van der Waals surface area (Å²) in [5.41, 5.74) is 5.48. The fourth-order valence-electron chi connectivity index (χ4n) is 2.64. The van der Waals surface area contributed by atoms with Gasteiger partial charge in [-0.1, -0.05) is 18.2 Å². The molecule has 0 aliphatic heterocycles. The Labute approximate surface area is 165 Å². The van der Waals surface area contributed by atoms with Gasteiger partial charge in [0.1, 0.15) is 0 Å². The van der Waals surface area contributed by atoms with Gasteiger partial charge in [-0.3, -0.25) is 5.32 Å². The fourth-order valence-corrected chi connectivity index (χ4v) is 2.64. The summed E-state index contributed by atoms with van der Waals surface area (Å²) >= 11 is 0. The molecule has 0 fully saturated rings. The first-order chi connectivity index (χ1) is 13.7. The van der Waals surface area contributed by atoms with E-state index in [1.54, 1.807) is 11.8 Å². The molecule has 0 unspecified atom stereocenters. The van der Waals surface area contributed by atoms with Gasteiger partial charge >= 0.3 is 12.3 Å². The van der Waals surface area contributed by atoms with Gasteiger partial charge in [0, 0.05) is 13.1 Å². The van der Waals surface area contributed by atoms with Gasteiger partial charge in [-0.25, -0.2) is 9.18 Å². The topological polar surface area (TPSA) is 67.6 Å². The van der Waals surface area contributed by atoms with E-state index in [4.69, 9.17) is 10.5 Å². The molecule has 29 heavy (non-hydrogen) atoms. The molecule has 0 atom stereocenters. The zero-order valence-electron chi connectivity index (χ0n) is 15.7. The number of halogens is 4. The molecule has 5 nitrogen and oxygen atoms in total. The maximum absolute atomic E-state index is 14.9. The van der Waals surface area contributed by atoms with Crippen LogP contribution in [0.4, 0.5) is 39.4 Å². The Morgan fingerprint density at radius 2 is 1.90 bits per heavy atom. The second kappa shape index (κ2) is 9.31. The van der Waals surface area contributed by atoms with Gasteiger partial charge in [0.15, 0.2) is 5.82 Å². The molecule has 0 heterocycles. The van der Waals surface area contributed by atoms with Crippen LogP contribution in [0.2, 0.25) is 0 Å². The first kappa shape index (κ1) is 22.1. The average Bonchev–Trinajstić information content (AvgIpc) is 2.65. The number of anilines is 3. The van der Waals surface area contributed by atoms with Crippen molar-refractivity contribution in [1.29, 1.82) is 0 Å². The normalized spacial score (nSPS) is 11.1. The second-order valence-corrected chi connectivity index (χ2v) is 6.07. The van der Waals surface area contributed by atoms with E-state index in [1.807, 2.05) is 0 Å². The second-order valence-electron chi connectivity index (χ2n) is 6.07. The van der Waals surface area contributed by atoms with Crippen LogP contribution in [-0.2, 0) is 17.5 Å². The van der Waals surface area contributed by atoms with Crippen molar-refractivity contribution in [3.63, 3.8) is 0 Å². The van der Waals surface area contributed by atoms with Crippen molar-refractivity contribution in [3.05, 3.63) is 66.0 Å². The summed E-state index contributed by atoms with van der Waals surface area (Å²) in [7, 11) is 0. The van der Waals surface area contributed by atoms with Crippen molar-refractivity contribution >= 4 is 23.2 Å². The average molecular weight is 411 g/mol. The van der Waals surface area contributed by atoms with Crippen molar-refractivity contribution in [2.24, 2.45) is 0 Å². The number of amides is 1. The first-order valence-electron chi connectivity index (χ1n) is 8.71. The maximum atomic E-state index is 14.9. The van der Waals surface area contributed by atoms with Crippen LogP contribution in [0.25, 0.3) is 0 Å². The summed E-state index contributed by atoms with van der Waals surface area (Å²) < 4.78 is 57.7. The number of nitrogens with zero attached hydrogens (tertiary/aromatic N) is 1. The molecule has 0 radical (unpaired) electrons. The Hall–Kier alpha value is -3.23. The molecule has 2 aromatic rings. The van der Waals surface area contributed by atoms with E-state index in [-0.39, 0.29) is 36.8 Å². The molecule has 2 rings (SSSR count). The number of carbonyl (C=O) groups excluding carboxylic acids is 1. The lowest BCUT2D eigenvalue weighted by Crippen LogP contribution is -2.24. The fraction of sp³-hybridized carbons (Fsp3) is 0.250. The van der Waals surface area contributed by atoms with E-state index in [0.29, 0.717) is 5.56 Å². The maximum Gasteiger partial charge on any atom is 0.416 e. The summed E-state index contributed by atoms with van der Waals surface area (Å²) in [5.74, 6) is -0.770. The van der Waals surface area contributed by atoms with E-state index >= 15 is 0 Å². The molecule has 0 saturated carbocycles. The van der Waals surface area contributed by atoms with Gasteiger partial charge < -0.3 is 15.4 Å². The van der Waals surface area contributed by atoms with E-state index < -0.39 is 23.7 Å². The van der Waals surface area contributed by atoms with Gasteiger partial charge in [0.2, 0.25) is 0 Å². The molecule has 2 aromatic carbocycles. The molecule has 0 bridgehead atoms. The van der Waals surface area contributed by atoms with Gasteiger partial charge in [-0.2, -0.15) is 13.2 Å². The lowest BCUT2D eigenvalue weighted by atomic mass is 10.1. The molecule has 0 aromatic heterocycles. The number of hydrogen-bond acceptors (Lipinski definition) is 4. The van der Waals surface area contributed by atoms with Crippen LogP contribution in [0.5, 0.6) is 0 Å². The van der Waals surface area contributed by atoms with Gasteiger partial charge in [-0.15, -0.1) is 6.58 Å². The molecule has 156 valence electrons. The van der Waals surface area contributed by atoms with Crippen LogP contribution in [0.15, 0.2) is 49.1 Å². The highest BCUT2D eigenvalue weighted by molar-refractivity contribution is 5.90. The third kappa shape index (κ3) is 5.63. The van der Waals surface area contributed by atoms with Crippen molar-refractivity contribution < 1.29 is 27.1 Å². The summed E-state index contributed by atoms with van der Waals surface area (Å²) in [5, 5.41) is 2.35. The lowest BCUT2D eigenvalue weighted by molar-refractivity contribution is -0.137. The van der Waals surface area contributed by atoms with Crippen LogP contribution in [0, 0.1) is 5.82 Å². The summed E-state index contributed by atoms with van der Waals surface area (Å²) in [6, 6.07) is 7.44. The molecule has 0 saturated heterocycles. The highest BCUT2D eigenvalue weighted by Gasteiger charge is 2.30. The predicted octanol–water partition coefficient (Wildman–Crippen LogP) is 5.19. The molecule has 1 amide bonds. The Balaban J connectivity index is 2.27. The van der Waals surface area contributed by atoms with Crippen LogP contribution in [-0.4, -0.2) is 19.2 Å². The Morgan fingerprint density at radius 3 is 2.45 bits per heavy atom. The number of alkyl halides is 3. The number of rotatable bonds is 7. The van der Waals surface area contributed by atoms with Crippen LogP contribution < -0.4 is 16.0 Å². The minimum atomic E-state index is -4.43. The Bertz CT molecular complexity index is 867. The third-order valence-corrected chi connectivity index (χ3v) is 4.02. The number of nitrogen functional groups attached to an aromatic ring is 1. The molecule has 0 aliphatic carbocycles. The molecular formula is C20H21F4N3O2. The molecule has 0 spiro atoms. The number of benzene rings is 2. The highest BCUT2D eigenvalue weighted by atomic mass is 19.4. The number of hydrogen-bond donors (Lipinski definition) is 2. The van der Waals surface area contributed by atoms with E-state index in [1.165, 1.54) is 30.3 Å². The van der Waals surface area contributed by atoms with Crippen LogP contribution in [0.3, 0.4) is 0 Å². The lowest BCUT2D eigenvalue weighted by Gasteiger charge is -2.25. The van der Waals surface area contributed by atoms with Gasteiger partial charge in [-0.05, 0) is 36.8 Å². The quantitative estimate of drug-likeness (QED) is 0.374. The standard InChI is InChI=1S/C20H21F4N3O2/c1-3-11-27(12-13-5-7-14(8-6-13)20(22,23)24)16-10-9-15(18(25)17(16)21)26-19(28)29-4-2/h3,5-10H,1,4,11-12,25H2,2H3,(H,26,28). The van der Waals surface area contributed by atoms with E-state index in [9.17, 15) is 22.4 Å². The number of nitrogens with one attached hydrogen (secondary N) is 1. The number of ether oxygens (including phenoxy) is 1. The number of nitrogens with two attached hydrogens (primary N) is 1. The van der Waals surface area contributed by atoms with Gasteiger partial charge in [0.05, 0.1) is 29.2 Å². The summed E-state index contributed by atoms with van der Waals surface area (Å²) in [4.78, 5) is 13.1. The zero-order valence-corrected chi connectivity index (χ0v) is 15.7. The van der Waals surface area contributed by atoms with Crippen LogP contribution in [0.1, 0.15) is 18.1 Å². The zero-order chi connectivity index (χ0) is 21.6. The largest absolute Gasteiger partial charge is 0.450 e. The minimum absolute atomic E-state index is 0.0535. The van der Waals surface area contributed by atoms with Crippen molar-refractivity contribution in [3.8, 4) is 0 Å².